The molecule has 3 aromatic carbocycles. The van der Waals surface area contributed by atoms with Gasteiger partial charge in [-0.2, -0.15) is 0 Å². The minimum Gasteiger partial charge on any atom is -0.310 e. The highest BCUT2D eigenvalue weighted by atomic mass is 16.1. The number of hydrogen-bond acceptors (Lipinski definition) is 2. The fourth-order valence-electron chi connectivity index (χ4n) is 3.78. The molecule has 0 N–H and O–H groups in total. The van der Waals surface area contributed by atoms with Gasteiger partial charge in [0.2, 0.25) is 0 Å². The molecule has 0 amide bonds. The third kappa shape index (κ3) is 2.79. The van der Waals surface area contributed by atoms with Gasteiger partial charge in [0, 0.05) is 0 Å². The molecule has 1 heterocycles. The van der Waals surface area contributed by atoms with Crippen molar-refractivity contribution in [2.24, 2.45) is 0 Å². The van der Waals surface area contributed by atoms with Gasteiger partial charge in [-0.15, -0.1) is 0 Å². The van der Waals surface area contributed by atoms with Gasteiger partial charge in [0.25, 0.3) is 0 Å². The number of nitrogens with zero attached hydrogens (tertiary/aromatic N) is 2. The minimum atomic E-state index is -0.693. The molecule has 130 valence electrons. The predicted octanol–water partition coefficient (Wildman–Crippen LogP) is 3.50. The molecule has 27 heavy (non-hydrogen) atoms. The summed E-state index contributed by atoms with van der Waals surface area (Å²) < 4.78 is 2.00. The van der Waals surface area contributed by atoms with Crippen LogP contribution in [0.5, 0.6) is 0 Å². The summed E-state index contributed by atoms with van der Waals surface area (Å²) in [6.45, 7) is 0. The number of rotatable bonds is 5. The first-order valence-corrected chi connectivity index (χ1v) is 8.95. The van der Waals surface area contributed by atoms with Crippen LogP contribution in [0.1, 0.15) is 27.2 Å². The zero-order chi connectivity index (χ0) is 18.7. The lowest BCUT2D eigenvalue weighted by Crippen LogP contribution is -2.39. The van der Waals surface area contributed by atoms with Crippen molar-refractivity contribution in [2.75, 3.05) is 0 Å². The molecule has 4 aromatic rings. The van der Waals surface area contributed by atoms with E-state index in [0.29, 0.717) is 5.69 Å². The van der Waals surface area contributed by atoms with Gasteiger partial charge in [-0.3, -0.25) is 0 Å². The molecule has 0 aliphatic rings. The Morgan fingerprint density at radius 1 is 0.741 bits per heavy atom. The molecule has 1 aromatic heterocycles. The van der Waals surface area contributed by atoms with E-state index >= 15 is 0 Å². The summed E-state index contributed by atoms with van der Waals surface area (Å²) in [5.41, 5.74) is 3.08. The largest absolute Gasteiger partial charge is 0.310 e. The zero-order valence-corrected chi connectivity index (χ0v) is 15.1. The quantitative estimate of drug-likeness (QED) is 0.408. The summed E-state index contributed by atoms with van der Waals surface area (Å²) in [6.07, 6.45) is 3.40. The first-order valence-electron chi connectivity index (χ1n) is 8.95. The second kappa shape index (κ2) is 7.08. The molecular formula is C23H19BN2O. The van der Waals surface area contributed by atoms with Crippen LogP contribution < -0.4 is 0 Å². The van der Waals surface area contributed by atoms with Gasteiger partial charge in [0.15, 0.2) is 7.85 Å². The summed E-state index contributed by atoms with van der Waals surface area (Å²) >= 11 is 0. The van der Waals surface area contributed by atoms with E-state index in [1.165, 1.54) is 0 Å². The van der Waals surface area contributed by atoms with Crippen LogP contribution in [-0.2, 0) is 5.54 Å². The van der Waals surface area contributed by atoms with E-state index in [1.807, 2.05) is 59.2 Å². The summed E-state index contributed by atoms with van der Waals surface area (Å²) in [6, 6.07) is 30.8. The van der Waals surface area contributed by atoms with Crippen LogP contribution in [-0.4, -0.2) is 23.1 Å². The van der Waals surface area contributed by atoms with Gasteiger partial charge < -0.3 is 9.36 Å². The molecule has 0 spiro atoms. The van der Waals surface area contributed by atoms with E-state index in [-0.39, 0.29) is 5.68 Å². The van der Waals surface area contributed by atoms with Crippen molar-refractivity contribution in [1.29, 1.82) is 0 Å². The second-order valence-electron chi connectivity index (χ2n) is 6.51. The van der Waals surface area contributed by atoms with Crippen molar-refractivity contribution in [1.82, 2.24) is 9.55 Å². The van der Waals surface area contributed by atoms with Gasteiger partial charge >= 0.3 is 0 Å². The second-order valence-corrected chi connectivity index (χ2v) is 6.51. The highest BCUT2D eigenvalue weighted by Crippen LogP contribution is 2.41. The molecule has 0 fully saturated rings. The van der Waals surface area contributed by atoms with Crippen LogP contribution in [0.4, 0.5) is 0 Å². The van der Waals surface area contributed by atoms with Gasteiger partial charge in [-0.25, -0.2) is 4.98 Å². The van der Waals surface area contributed by atoms with Crippen LogP contribution in [0.3, 0.4) is 0 Å². The van der Waals surface area contributed by atoms with Crippen LogP contribution in [0.15, 0.2) is 104 Å². The average molecular weight is 350 g/mol. The van der Waals surface area contributed by atoms with Crippen molar-refractivity contribution >= 4 is 13.5 Å². The van der Waals surface area contributed by atoms with E-state index in [1.54, 1.807) is 20.4 Å². The fourth-order valence-corrected chi connectivity index (χ4v) is 3.78. The molecule has 0 radical (unpaired) electrons. The summed E-state index contributed by atoms with van der Waals surface area (Å²) in [4.78, 5) is 16.7. The summed E-state index contributed by atoms with van der Waals surface area (Å²) in [5, 5.41) is 0. The Morgan fingerprint density at radius 3 is 1.52 bits per heavy atom. The zero-order valence-electron chi connectivity index (χ0n) is 15.1. The molecule has 3 nitrogen and oxygen atoms in total. The van der Waals surface area contributed by atoms with E-state index in [4.69, 9.17) is 0 Å². The van der Waals surface area contributed by atoms with Crippen LogP contribution in [0.25, 0.3) is 0 Å². The predicted molar refractivity (Wildman–Crippen MR) is 110 cm³/mol. The Labute approximate surface area is 159 Å². The minimum absolute atomic E-state index is 0.0142. The van der Waals surface area contributed by atoms with Crippen molar-refractivity contribution in [3.8, 4) is 0 Å². The lowest BCUT2D eigenvalue weighted by Gasteiger charge is -2.38. The Bertz CT molecular complexity index is 947. The SMILES string of the molecule is BC(=O)c1cncn1C(c1ccccc1)(c1ccccc1)c1ccccc1. The Kier molecular flexibility index (Phi) is 4.47. The first-order chi connectivity index (χ1) is 13.2. The standard InChI is InChI=1S/C23H19BN2O/c24-22(27)21-16-25-17-26(21)23(18-10-4-1-5-11-18,19-12-6-2-7-13-19)20-14-8-3-9-15-20/h1-17H,24H2. The highest BCUT2D eigenvalue weighted by Gasteiger charge is 2.39. The lowest BCUT2D eigenvalue weighted by atomic mass is 9.76. The van der Waals surface area contributed by atoms with Crippen molar-refractivity contribution in [3.05, 3.63) is 126 Å². The highest BCUT2D eigenvalue weighted by molar-refractivity contribution is 6.62. The molecule has 0 atom stereocenters. The molecule has 0 aliphatic carbocycles. The topological polar surface area (TPSA) is 34.9 Å². The monoisotopic (exact) mass is 350 g/mol. The number of hydrogen-bond donors (Lipinski definition) is 0. The number of carbonyl (C=O) groups is 1. The maximum absolute atomic E-state index is 12.4. The number of imidazole rings is 1. The van der Waals surface area contributed by atoms with E-state index in [9.17, 15) is 4.79 Å². The summed E-state index contributed by atoms with van der Waals surface area (Å²) in [7, 11) is 1.58. The van der Waals surface area contributed by atoms with E-state index in [2.05, 4.69) is 41.4 Å². The summed E-state index contributed by atoms with van der Waals surface area (Å²) in [5.74, 6) is 0. The first kappa shape index (κ1) is 17.0. The molecule has 0 aliphatic heterocycles. The Balaban J connectivity index is 2.17. The van der Waals surface area contributed by atoms with Gasteiger partial charge in [-0.1, -0.05) is 91.0 Å². The normalized spacial score (nSPS) is 11.3. The maximum atomic E-state index is 12.4. The number of aromatic nitrogens is 2. The van der Waals surface area contributed by atoms with E-state index < -0.39 is 5.54 Å². The van der Waals surface area contributed by atoms with E-state index in [0.717, 1.165) is 16.7 Å². The third-order valence-electron chi connectivity index (χ3n) is 4.94. The Morgan fingerprint density at radius 2 is 1.15 bits per heavy atom. The third-order valence-corrected chi connectivity index (χ3v) is 4.94. The lowest BCUT2D eigenvalue weighted by molar-refractivity contribution is 0.107. The van der Waals surface area contributed by atoms with Crippen molar-refractivity contribution in [2.45, 2.75) is 5.54 Å². The molecule has 0 saturated carbocycles. The molecular weight excluding hydrogens is 331 g/mol. The molecule has 0 unspecified atom stereocenters. The van der Waals surface area contributed by atoms with Crippen molar-refractivity contribution < 1.29 is 4.79 Å². The van der Waals surface area contributed by atoms with Gasteiger partial charge in [0.1, 0.15) is 11.2 Å². The molecule has 4 heteroatoms. The van der Waals surface area contributed by atoms with Gasteiger partial charge in [0.05, 0.1) is 18.2 Å². The Hall–Kier alpha value is -3.40. The molecule has 0 bridgehead atoms. The van der Waals surface area contributed by atoms with Crippen molar-refractivity contribution in [3.63, 3.8) is 0 Å². The number of carbonyl (C=O) groups excluding carboxylic acids is 1. The van der Waals surface area contributed by atoms with Gasteiger partial charge in [-0.05, 0) is 16.7 Å². The van der Waals surface area contributed by atoms with Crippen LogP contribution in [0.2, 0.25) is 0 Å². The fraction of sp³-hybridized carbons (Fsp3) is 0.0435. The molecule has 0 saturated heterocycles. The maximum Gasteiger partial charge on any atom is 0.195 e. The molecule has 4 rings (SSSR count). The smallest absolute Gasteiger partial charge is 0.195 e. The average Bonchev–Trinajstić information content (AvgIpc) is 3.22. The van der Waals surface area contributed by atoms with Crippen LogP contribution >= 0.6 is 0 Å². The van der Waals surface area contributed by atoms with Crippen LogP contribution in [0, 0.1) is 0 Å². The number of benzene rings is 3.